The molecule has 1 unspecified atom stereocenters. The molecule has 3 heteroatoms. The molecule has 0 spiro atoms. The second kappa shape index (κ2) is 5.86. The fraction of sp³-hybridized carbons (Fsp3) is 0.333. The molecule has 110 valence electrons. The molecule has 0 saturated carbocycles. The van der Waals surface area contributed by atoms with Crippen LogP contribution in [0.15, 0.2) is 36.4 Å². The lowest BCUT2D eigenvalue weighted by atomic mass is 9.99. The van der Waals surface area contributed by atoms with E-state index < -0.39 is 6.10 Å². The average molecular weight is 286 g/mol. The third kappa shape index (κ3) is 3.08. The minimum atomic E-state index is -0.635. The monoisotopic (exact) mass is 286 g/mol. The van der Waals surface area contributed by atoms with Crippen LogP contribution in [-0.2, 0) is 12.8 Å². The van der Waals surface area contributed by atoms with Crippen molar-refractivity contribution in [1.29, 1.82) is 0 Å². The van der Waals surface area contributed by atoms with Gasteiger partial charge in [-0.1, -0.05) is 24.3 Å². The summed E-state index contributed by atoms with van der Waals surface area (Å²) in [5.41, 5.74) is 3.67. The Balaban J connectivity index is 1.65. The van der Waals surface area contributed by atoms with Gasteiger partial charge < -0.3 is 9.84 Å². The molecule has 2 aromatic rings. The largest absolute Gasteiger partial charge is 0.493 e. The van der Waals surface area contributed by atoms with E-state index in [1.165, 1.54) is 17.2 Å². The van der Waals surface area contributed by atoms with Gasteiger partial charge in [0, 0.05) is 6.42 Å². The fourth-order valence-corrected chi connectivity index (χ4v) is 2.68. The van der Waals surface area contributed by atoms with Crippen LogP contribution in [0.25, 0.3) is 0 Å². The van der Waals surface area contributed by atoms with Crippen molar-refractivity contribution in [2.24, 2.45) is 0 Å². The Hall–Kier alpha value is -1.87. The van der Waals surface area contributed by atoms with Crippen molar-refractivity contribution in [1.82, 2.24) is 0 Å². The highest BCUT2D eigenvalue weighted by molar-refractivity contribution is 5.40. The highest BCUT2D eigenvalue weighted by Crippen LogP contribution is 2.27. The van der Waals surface area contributed by atoms with Gasteiger partial charge in [-0.25, -0.2) is 4.39 Å². The number of rotatable bonds is 4. The first-order chi connectivity index (χ1) is 10.1. The van der Waals surface area contributed by atoms with Crippen molar-refractivity contribution >= 4 is 0 Å². The van der Waals surface area contributed by atoms with Crippen LogP contribution in [-0.4, -0.2) is 11.7 Å². The van der Waals surface area contributed by atoms with Crippen molar-refractivity contribution < 1.29 is 14.2 Å². The van der Waals surface area contributed by atoms with Gasteiger partial charge in [-0.2, -0.15) is 0 Å². The number of ether oxygens (including phenoxy) is 1. The molecule has 0 amide bonds. The van der Waals surface area contributed by atoms with E-state index in [0.717, 1.165) is 25.2 Å². The van der Waals surface area contributed by atoms with Crippen LogP contribution < -0.4 is 4.74 Å². The van der Waals surface area contributed by atoms with Crippen LogP contribution in [0.3, 0.4) is 0 Å². The quantitative estimate of drug-likeness (QED) is 0.928. The van der Waals surface area contributed by atoms with E-state index in [-0.39, 0.29) is 5.82 Å². The molecule has 0 bridgehead atoms. The summed E-state index contributed by atoms with van der Waals surface area (Å²) in [6.07, 6.45) is 1.67. The molecule has 1 aliphatic heterocycles. The van der Waals surface area contributed by atoms with Gasteiger partial charge in [0.15, 0.2) is 0 Å². The SMILES string of the molecule is Cc1ccc(C(O)CCc2ccc3c(c2)CCO3)cc1F. The zero-order chi connectivity index (χ0) is 14.8. The molecule has 2 aromatic carbocycles. The molecule has 3 rings (SSSR count). The molecular formula is C18H19FO2. The number of benzene rings is 2. The summed E-state index contributed by atoms with van der Waals surface area (Å²) < 4.78 is 19.0. The number of aliphatic hydroxyl groups is 1. The lowest BCUT2D eigenvalue weighted by Gasteiger charge is -2.12. The number of halogens is 1. The van der Waals surface area contributed by atoms with E-state index >= 15 is 0 Å². The van der Waals surface area contributed by atoms with Gasteiger partial charge in [-0.3, -0.25) is 0 Å². The van der Waals surface area contributed by atoms with Gasteiger partial charge in [0.25, 0.3) is 0 Å². The maximum Gasteiger partial charge on any atom is 0.126 e. The van der Waals surface area contributed by atoms with E-state index in [1.54, 1.807) is 19.1 Å². The molecule has 0 aliphatic carbocycles. The molecule has 1 N–H and O–H groups in total. The van der Waals surface area contributed by atoms with E-state index in [1.807, 2.05) is 12.1 Å². The first kappa shape index (κ1) is 14.1. The predicted molar refractivity (Wildman–Crippen MR) is 80.1 cm³/mol. The van der Waals surface area contributed by atoms with E-state index in [2.05, 4.69) is 6.07 Å². The molecule has 2 nitrogen and oxygen atoms in total. The van der Waals surface area contributed by atoms with Gasteiger partial charge in [0.2, 0.25) is 0 Å². The van der Waals surface area contributed by atoms with E-state index in [9.17, 15) is 9.50 Å². The van der Waals surface area contributed by atoms with Gasteiger partial charge in [0.1, 0.15) is 11.6 Å². The number of aryl methyl sites for hydroxylation is 2. The van der Waals surface area contributed by atoms with E-state index in [0.29, 0.717) is 17.5 Å². The lowest BCUT2D eigenvalue weighted by Crippen LogP contribution is -2.01. The zero-order valence-electron chi connectivity index (χ0n) is 12.1. The molecule has 0 aromatic heterocycles. The third-order valence-corrected chi connectivity index (χ3v) is 4.04. The number of hydrogen-bond donors (Lipinski definition) is 1. The van der Waals surface area contributed by atoms with Gasteiger partial charge in [0.05, 0.1) is 12.7 Å². The first-order valence-electron chi connectivity index (χ1n) is 7.32. The average Bonchev–Trinajstić information content (AvgIpc) is 2.95. The Bertz CT molecular complexity index is 652. The second-order valence-corrected chi connectivity index (χ2v) is 5.60. The molecule has 0 saturated heterocycles. The van der Waals surface area contributed by atoms with Crippen molar-refractivity contribution in [2.75, 3.05) is 6.61 Å². The summed E-state index contributed by atoms with van der Waals surface area (Å²) >= 11 is 0. The molecule has 0 fully saturated rings. The first-order valence-corrected chi connectivity index (χ1v) is 7.32. The highest BCUT2D eigenvalue weighted by atomic mass is 19.1. The Morgan fingerprint density at radius 1 is 1.24 bits per heavy atom. The summed E-state index contributed by atoms with van der Waals surface area (Å²) in [5.74, 6) is 0.709. The minimum Gasteiger partial charge on any atom is -0.493 e. The van der Waals surface area contributed by atoms with Gasteiger partial charge in [-0.05, 0) is 54.2 Å². The lowest BCUT2D eigenvalue weighted by molar-refractivity contribution is 0.167. The highest BCUT2D eigenvalue weighted by Gasteiger charge is 2.14. The summed E-state index contributed by atoms with van der Waals surface area (Å²) in [6.45, 7) is 2.47. The topological polar surface area (TPSA) is 29.5 Å². The molecule has 21 heavy (non-hydrogen) atoms. The van der Waals surface area contributed by atoms with Gasteiger partial charge in [-0.15, -0.1) is 0 Å². The normalized spacial score (nSPS) is 14.6. The van der Waals surface area contributed by atoms with Crippen molar-refractivity contribution in [2.45, 2.75) is 32.3 Å². The van der Waals surface area contributed by atoms with Crippen LogP contribution in [0.4, 0.5) is 4.39 Å². The third-order valence-electron chi connectivity index (χ3n) is 4.04. The molecular weight excluding hydrogens is 267 g/mol. The Labute approximate surface area is 124 Å². The predicted octanol–water partition coefficient (Wildman–Crippen LogP) is 3.74. The molecule has 1 atom stereocenters. The Kier molecular flexibility index (Phi) is 3.93. The van der Waals surface area contributed by atoms with Crippen LogP contribution >= 0.6 is 0 Å². The van der Waals surface area contributed by atoms with E-state index in [4.69, 9.17) is 4.74 Å². The summed E-state index contributed by atoms with van der Waals surface area (Å²) in [5, 5.41) is 10.2. The molecule has 1 heterocycles. The number of fused-ring (bicyclic) bond motifs is 1. The van der Waals surface area contributed by atoms with Crippen LogP contribution in [0.1, 0.15) is 34.8 Å². The van der Waals surface area contributed by atoms with Crippen LogP contribution in [0.2, 0.25) is 0 Å². The van der Waals surface area contributed by atoms with Gasteiger partial charge >= 0.3 is 0 Å². The van der Waals surface area contributed by atoms with Crippen molar-refractivity contribution in [3.63, 3.8) is 0 Å². The minimum absolute atomic E-state index is 0.263. The Morgan fingerprint density at radius 3 is 2.90 bits per heavy atom. The maximum atomic E-state index is 13.5. The zero-order valence-corrected chi connectivity index (χ0v) is 12.1. The Morgan fingerprint density at radius 2 is 2.10 bits per heavy atom. The molecule has 0 radical (unpaired) electrons. The smallest absolute Gasteiger partial charge is 0.126 e. The summed E-state index contributed by atoms with van der Waals surface area (Å²) in [4.78, 5) is 0. The van der Waals surface area contributed by atoms with Crippen molar-refractivity contribution in [3.05, 3.63) is 64.5 Å². The number of hydrogen-bond acceptors (Lipinski definition) is 2. The van der Waals surface area contributed by atoms with Crippen molar-refractivity contribution in [3.8, 4) is 5.75 Å². The molecule has 1 aliphatic rings. The van der Waals surface area contributed by atoms with Crippen LogP contribution in [0.5, 0.6) is 5.75 Å². The van der Waals surface area contributed by atoms with Crippen LogP contribution in [0, 0.1) is 12.7 Å². The second-order valence-electron chi connectivity index (χ2n) is 5.60. The number of aliphatic hydroxyl groups excluding tert-OH is 1. The maximum absolute atomic E-state index is 13.5. The summed E-state index contributed by atoms with van der Waals surface area (Å²) in [7, 11) is 0. The summed E-state index contributed by atoms with van der Waals surface area (Å²) in [6, 6.07) is 11.1. The standard InChI is InChI=1S/C18H19FO2/c1-12-2-5-14(11-16(12)19)17(20)6-3-13-4-7-18-15(10-13)8-9-21-18/h2,4-5,7,10-11,17,20H,3,6,8-9H2,1H3. The fourth-order valence-electron chi connectivity index (χ4n) is 2.68.